The lowest BCUT2D eigenvalue weighted by Gasteiger charge is -2.41. The number of likely N-dealkylation sites (tertiary alicyclic amines) is 1. The van der Waals surface area contributed by atoms with Gasteiger partial charge in [0.15, 0.2) is 0 Å². The Morgan fingerprint density at radius 3 is 2.27 bits per heavy atom. The van der Waals surface area contributed by atoms with Crippen LogP contribution in [0.2, 0.25) is 0 Å². The second-order valence-corrected chi connectivity index (χ2v) is 4.49. The molecule has 0 amide bonds. The summed E-state index contributed by atoms with van der Waals surface area (Å²) in [7, 11) is 1.79. The van der Waals surface area contributed by atoms with E-state index in [1.54, 1.807) is 7.11 Å². The molecule has 1 saturated heterocycles. The van der Waals surface area contributed by atoms with Gasteiger partial charge in [-0.05, 0) is 26.2 Å². The highest BCUT2D eigenvalue weighted by atomic mass is 16.5. The summed E-state index contributed by atoms with van der Waals surface area (Å²) in [6.07, 6.45) is 4.15. The van der Waals surface area contributed by atoms with Gasteiger partial charge in [-0.15, -0.1) is 0 Å². The van der Waals surface area contributed by atoms with Crippen LogP contribution in [0.25, 0.3) is 0 Å². The van der Waals surface area contributed by atoms with Gasteiger partial charge in [-0.1, -0.05) is 0 Å². The average molecular weight is 216 g/mol. The number of piperidine rings is 1. The van der Waals surface area contributed by atoms with Crippen LogP contribution in [0, 0.1) is 0 Å². The van der Waals surface area contributed by atoms with Crippen LogP contribution in [0.5, 0.6) is 0 Å². The van der Waals surface area contributed by atoms with Crippen molar-refractivity contribution in [2.75, 3.05) is 53.1 Å². The maximum Gasteiger partial charge on any atom is 0.102 e. The Bertz CT molecular complexity index is 156. The Morgan fingerprint density at radius 2 is 1.67 bits per heavy atom. The van der Waals surface area contributed by atoms with Crippen LogP contribution in [0.15, 0.2) is 0 Å². The summed E-state index contributed by atoms with van der Waals surface area (Å²) in [6, 6.07) is 0. The van der Waals surface area contributed by atoms with Gasteiger partial charge in [-0.3, -0.25) is 0 Å². The molecule has 1 aliphatic rings. The first-order valence-electron chi connectivity index (χ1n) is 6.25. The Labute approximate surface area is 93.9 Å². The molecule has 0 aromatic rings. The fraction of sp³-hybridized carbons (Fsp3) is 1.00. The molecule has 1 aliphatic heterocycles. The van der Waals surface area contributed by atoms with Crippen LogP contribution in [-0.4, -0.2) is 57.6 Å². The summed E-state index contributed by atoms with van der Waals surface area (Å²) in [6.45, 7) is 9.64. The summed E-state index contributed by atoms with van der Waals surface area (Å²) in [5, 5.41) is 0. The molecule has 0 aromatic carbocycles. The van der Waals surface area contributed by atoms with E-state index in [1.807, 2.05) is 0 Å². The lowest BCUT2D eigenvalue weighted by atomic mass is 10.1. The summed E-state index contributed by atoms with van der Waals surface area (Å²) >= 11 is 0. The Kier molecular flexibility index (Phi) is 6.22. The van der Waals surface area contributed by atoms with E-state index in [1.165, 1.54) is 36.8 Å². The molecule has 1 rings (SSSR count). The van der Waals surface area contributed by atoms with Crippen LogP contribution in [-0.2, 0) is 9.47 Å². The first-order valence-corrected chi connectivity index (χ1v) is 6.25. The maximum atomic E-state index is 5.48. The molecule has 0 radical (unpaired) electrons. The predicted molar refractivity (Wildman–Crippen MR) is 61.9 cm³/mol. The summed E-state index contributed by atoms with van der Waals surface area (Å²) in [4.78, 5) is 0. The lowest BCUT2D eigenvalue weighted by Crippen LogP contribution is -2.54. The number of quaternary nitrogens is 1. The van der Waals surface area contributed by atoms with Crippen molar-refractivity contribution in [3.05, 3.63) is 0 Å². The molecule has 0 unspecified atom stereocenters. The van der Waals surface area contributed by atoms with E-state index in [4.69, 9.17) is 9.47 Å². The smallest absolute Gasteiger partial charge is 0.102 e. The molecule has 0 N–H and O–H groups in total. The maximum absolute atomic E-state index is 5.48. The summed E-state index contributed by atoms with van der Waals surface area (Å²) in [5.74, 6) is 0. The third-order valence-corrected chi connectivity index (χ3v) is 3.45. The third kappa shape index (κ3) is 4.49. The molecule has 3 heteroatoms. The third-order valence-electron chi connectivity index (χ3n) is 3.45. The highest BCUT2D eigenvalue weighted by molar-refractivity contribution is 4.54. The molecule has 15 heavy (non-hydrogen) atoms. The first-order chi connectivity index (χ1) is 7.33. The van der Waals surface area contributed by atoms with E-state index in [0.29, 0.717) is 0 Å². The zero-order chi connectivity index (χ0) is 11.0. The monoisotopic (exact) mass is 216 g/mol. The SMILES string of the molecule is CCOCC[N+]1(CCOC)CCCCC1. The minimum atomic E-state index is 0.838. The average Bonchev–Trinajstić information content (AvgIpc) is 2.28. The van der Waals surface area contributed by atoms with Gasteiger partial charge < -0.3 is 14.0 Å². The number of nitrogens with zero attached hydrogens (tertiary/aromatic N) is 1. The molecule has 0 spiro atoms. The second-order valence-electron chi connectivity index (χ2n) is 4.49. The molecule has 0 atom stereocenters. The summed E-state index contributed by atoms with van der Waals surface area (Å²) < 4.78 is 11.9. The van der Waals surface area contributed by atoms with Crippen molar-refractivity contribution < 1.29 is 14.0 Å². The molecule has 0 aliphatic carbocycles. The van der Waals surface area contributed by atoms with E-state index < -0.39 is 0 Å². The fourth-order valence-electron chi connectivity index (χ4n) is 2.43. The first kappa shape index (κ1) is 12.9. The van der Waals surface area contributed by atoms with E-state index in [2.05, 4.69) is 6.92 Å². The van der Waals surface area contributed by atoms with Crippen molar-refractivity contribution in [3.8, 4) is 0 Å². The molecular formula is C12H26NO2+. The number of rotatable bonds is 7. The van der Waals surface area contributed by atoms with Gasteiger partial charge in [-0.25, -0.2) is 0 Å². The quantitative estimate of drug-likeness (QED) is 0.476. The van der Waals surface area contributed by atoms with Crippen molar-refractivity contribution in [1.82, 2.24) is 0 Å². The predicted octanol–water partition coefficient (Wildman–Crippen LogP) is 1.67. The lowest BCUT2D eigenvalue weighted by molar-refractivity contribution is -0.933. The fourth-order valence-corrected chi connectivity index (χ4v) is 2.43. The molecule has 0 aromatic heterocycles. The van der Waals surface area contributed by atoms with Gasteiger partial charge in [0.25, 0.3) is 0 Å². The van der Waals surface area contributed by atoms with E-state index >= 15 is 0 Å². The number of ether oxygens (including phenoxy) is 2. The van der Waals surface area contributed by atoms with Crippen molar-refractivity contribution in [1.29, 1.82) is 0 Å². The van der Waals surface area contributed by atoms with Crippen molar-refractivity contribution >= 4 is 0 Å². The molecule has 90 valence electrons. The second kappa shape index (κ2) is 7.20. The highest BCUT2D eigenvalue weighted by Gasteiger charge is 2.28. The normalized spacial score (nSPS) is 20.4. The molecule has 0 saturated carbocycles. The minimum Gasteiger partial charge on any atom is -0.379 e. The van der Waals surface area contributed by atoms with Crippen molar-refractivity contribution in [2.24, 2.45) is 0 Å². The standard InChI is InChI=1S/C12H26NO2/c1-3-15-12-10-13(9-11-14-2)7-5-4-6-8-13/h3-12H2,1-2H3/q+1. The zero-order valence-corrected chi connectivity index (χ0v) is 10.3. The Hall–Kier alpha value is -0.120. The highest BCUT2D eigenvalue weighted by Crippen LogP contribution is 2.18. The van der Waals surface area contributed by atoms with Crippen LogP contribution in [0.3, 0.4) is 0 Å². The van der Waals surface area contributed by atoms with E-state index in [0.717, 1.165) is 32.9 Å². The van der Waals surface area contributed by atoms with Crippen molar-refractivity contribution in [2.45, 2.75) is 26.2 Å². The van der Waals surface area contributed by atoms with Crippen LogP contribution in [0.4, 0.5) is 0 Å². The topological polar surface area (TPSA) is 18.5 Å². The molecular weight excluding hydrogens is 190 g/mol. The summed E-state index contributed by atoms with van der Waals surface area (Å²) in [5.41, 5.74) is 0. The molecule has 1 fully saturated rings. The van der Waals surface area contributed by atoms with E-state index in [9.17, 15) is 0 Å². The van der Waals surface area contributed by atoms with Crippen molar-refractivity contribution in [3.63, 3.8) is 0 Å². The van der Waals surface area contributed by atoms with Crippen LogP contribution in [0.1, 0.15) is 26.2 Å². The van der Waals surface area contributed by atoms with Gasteiger partial charge in [0, 0.05) is 13.7 Å². The number of methoxy groups -OCH3 is 1. The van der Waals surface area contributed by atoms with Gasteiger partial charge in [0.1, 0.15) is 13.1 Å². The van der Waals surface area contributed by atoms with Gasteiger partial charge in [0.05, 0.1) is 26.3 Å². The minimum absolute atomic E-state index is 0.838. The largest absolute Gasteiger partial charge is 0.379 e. The number of hydrogen-bond acceptors (Lipinski definition) is 2. The molecule has 1 heterocycles. The molecule has 3 nitrogen and oxygen atoms in total. The number of hydrogen-bond donors (Lipinski definition) is 0. The van der Waals surface area contributed by atoms with E-state index in [-0.39, 0.29) is 0 Å². The molecule has 0 bridgehead atoms. The van der Waals surface area contributed by atoms with Crippen LogP contribution >= 0.6 is 0 Å². The Morgan fingerprint density at radius 1 is 1.00 bits per heavy atom. The van der Waals surface area contributed by atoms with Crippen LogP contribution < -0.4 is 0 Å². The van der Waals surface area contributed by atoms with Gasteiger partial charge >= 0.3 is 0 Å². The Balaban J connectivity index is 2.35. The van der Waals surface area contributed by atoms with Gasteiger partial charge in [-0.2, -0.15) is 0 Å². The zero-order valence-electron chi connectivity index (χ0n) is 10.3. The van der Waals surface area contributed by atoms with Gasteiger partial charge in [0.2, 0.25) is 0 Å².